The third kappa shape index (κ3) is 4.54. The van der Waals surface area contributed by atoms with Crippen molar-refractivity contribution in [3.63, 3.8) is 0 Å². The molecule has 0 spiro atoms. The Hall–Kier alpha value is -0.770. The Morgan fingerprint density at radius 2 is 2.18 bits per heavy atom. The van der Waals surface area contributed by atoms with Gasteiger partial charge in [0.1, 0.15) is 0 Å². The number of aliphatic hydroxyl groups excluding tert-OH is 1. The van der Waals surface area contributed by atoms with Crippen LogP contribution in [0, 0.1) is 0 Å². The number of rotatable bonds is 6. The quantitative estimate of drug-likeness (QED) is 0.820. The van der Waals surface area contributed by atoms with Crippen molar-refractivity contribution in [2.24, 2.45) is 0 Å². The molecular formula is C13H21ClN2O. The van der Waals surface area contributed by atoms with Gasteiger partial charge in [0.25, 0.3) is 0 Å². The predicted octanol–water partition coefficient (Wildman–Crippen LogP) is 2.27. The van der Waals surface area contributed by atoms with Gasteiger partial charge in [-0.05, 0) is 44.2 Å². The van der Waals surface area contributed by atoms with Gasteiger partial charge in [-0.1, -0.05) is 11.6 Å². The van der Waals surface area contributed by atoms with Crippen LogP contribution in [0.15, 0.2) is 18.2 Å². The predicted molar refractivity (Wildman–Crippen MR) is 73.8 cm³/mol. The van der Waals surface area contributed by atoms with Crippen LogP contribution in [0.4, 0.5) is 5.69 Å². The first-order chi connectivity index (χ1) is 8.04. The smallest absolute Gasteiger partial charge is 0.0528 e. The molecule has 4 heteroatoms. The summed E-state index contributed by atoms with van der Waals surface area (Å²) in [6.07, 6.45) is 0.496. The van der Waals surface area contributed by atoms with Gasteiger partial charge in [-0.3, -0.25) is 0 Å². The molecule has 0 heterocycles. The summed E-state index contributed by atoms with van der Waals surface area (Å²) in [5, 5.41) is 13.2. The first-order valence-corrected chi connectivity index (χ1v) is 6.24. The Balaban J connectivity index is 2.80. The molecule has 1 atom stereocenters. The Kier molecular flexibility index (Phi) is 5.75. The fourth-order valence-corrected chi connectivity index (χ4v) is 1.95. The summed E-state index contributed by atoms with van der Waals surface area (Å²) >= 11 is 6.00. The number of halogens is 1. The van der Waals surface area contributed by atoms with Gasteiger partial charge < -0.3 is 15.3 Å². The molecule has 3 nitrogen and oxygen atoms in total. The van der Waals surface area contributed by atoms with Crippen LogP contribution in [-0.4, -0.2) is 31.9 Å². The second-order valence-corrected chi connectivity index (χ2v) is 4.80. The Bertz CT molecular complexity index is 355. The van der Waals surface area contributed by atoms with E-state index in [-0.39, 0.29) is 6.10 Å². The number of anilines is 1. The Morgan fingerprint density at radius 3 is 2.76 bits per heavy atom. The molecule has 1 unspecified atom stereocenters. The summed E-state index contributed by atoms with van der Waals surface area (Å²) in [7, 11) is 3.95. The molecule has 96 valence electrons. The highest BCUT2D eigenvalue weighted by molar-refractivity contribution is 6.30. The third-order valence-electron chi connectivity index (χ3n) is 2.70. The van der Waals surface area contributed by atoms with Crippen LogP contribution >= 0.6 is 11.6 Å². The lowest BCUT2D eigenvalue weighted by Gasteiger charge is -2.23. The maximum atomic E-state index is 9.30. The largest absolute Gasteiger partial charge is 0.393 e. The molecule has 0 bridgehead atoms. The standard InChI is InChI=1S/C13H21ClN2O/c1-10(17)6-7-16(3)13-5-4-12(14)8-11(13)9-15-2/h4-5,8,10,15,17H,6-7,9H2,1-3H3. The molecule has 0 aliphatic carbocycles. The summed E-state index contributed by atoms with van der Waals surface area (Å²) in [5.74, 6) is 0. The zero-order valence-corrected chi connectivity index (χ0v) is 11.5. The monoisotopic (exact) mass is 256 g/mol. The highest BCUT2D eigenvalue weighted by atomic mass is 35.5. The number of hydrogen-bond donors (Lipinski definition) is 2. The van der Waals surface area contributed by atoms with Gasteiger partial charge in [0.05, 0.1) is 6.10 Å². The molecule has 0 fully saturated rings. The van der Waals surface area contributed by atoms with Crippen molar-refractivity contribution in [2.45, 2.75) is 26.0 Å². The van der Waals surface area contributed by atoms with Gasteiger partial charge in [0, 0.05) is 30.8 Å². The van der Waals surface area contributed by atoms with Crippen molar-refractivity contribution in [1.82, 2.24) is 5.32 Å². The number of nitrogens with zero attached hydrogens (tertiary/aromatic N) is 1. The van der Waals surface area contributed by atoms with E-state index in [2.05, 4.69) is 10.2 Å². The normalized spacial score (nSPS) is 12.5. The van der Waals surface area contributed by atoms with Crippen LogP contribution in [0.5, 0.6) is 0 Å². The van der Waals surface area contributed by atoms with E-state index in [0.717, 1.165) is 30.2 Å². The third-order valence-corrected chi connectivity index (χ3v) is 2.94. The topological polar surface area (TPSA) is 35.5 Å². The maximum absolute atomic E-state index is 9.30. The van der Waals surface area contributed by atoms with E-state index in [9.17, 15) is 5.11 Å². The number of benzene rings is 1. The average Bonchev–Trinajstić information content (AvgIpc) is 2.26. The van der Waals surface area contributed by atoms with E-state index in [0.29, 0.717) is 0 Å². The molecule has 1 aromatic carbocycles. The minimum Gasteiger partial charge on any atom is -0.393 e. The highest BCUT2D eigenvalue weighted by Crippen LogP contribution is 2.23. The number of aliphatic hydroxyl groups is 1. The average molecular weight is 257 g/mol. The van der Waals surface area contributed by atoms with E-state index >= 15 is 0 Å². The fourth-order valence-electron chi connectivity index (χ4n) is 1.76. The lowest BCUT2D eigenvalue weighted by Crippen LogP contribution is -2.23. The lowest BCUT2D eigenvalue weighted by atomic mass is 10.1. The van der Waals surface area contributed by atoms with Crippen LogP contribution < -0.4 is 10.2 Å². The molecule has 0 saturated carbocycles. The first-order valence-electron chi connectivity index (χ1n) is 5.86. The highest BCUT2D eigenvalue weighted by Gasteiger charge is 2.08. The summed E-state index contributed by atoms with van der Waals surface area (Å²) in [6, 6.07) is 5.90. The molecule has 17 heavy (non-hydrogen) atoms. The van der Waals surface area contributed by atoms with Crippen LogP contribution in [-0.2, 0) is 6.54 Å². The van der Waals surface area contributed by atoms with Crippen molar-refractivity contribution in [1.29, 1.82) is 0 Å². The van der Waals surface area contributed by atoms with Crippen LogP contribution in [0.1, 0.15) is 18.9 Å². The summed E-state index contributed by atoms with van der Waals surface area (Å²) < 4.78 is 0. The maximum Gasteiger partial charge on any atom is 0.0528 e. The number of nitrogens with one attached hydrogen (secondary N) is 1. The first kappa shape index (κ1) is 14.3. The second-order valence-electron chi connectivity index (χ2n) is 4.36. The van der Waals surface area contributed by atoms with Gasteiger partial charge in [-0.25, -0.2) is 0 Å². The van der Waals surface area contributed by atoms with Crippen molar-refractivity contribution < 1.29 is 5.11 Å². The van der Waals surface area contributed by atoms with Crippen LogP contribution in [0.2, 0.25) is 5.02 Å². The molecule has 0 saturated heterocycles. The molecule has 1 rings (SSSR count). The van der Waals surface area contributed by atoms with Crippen molar-refractivity contribution in [3.8, 4) is 0 Å². The van der Waals surface area contributed by atoms with Gasteiger partial charge in [-0.15, -0.1) is 0 Å². The summed E-state index contributed by atoms with van der Waals surface area (Å²) in [6.45, 7) is 3.43. The minimum atomic E-state index is -0.266. The number of hydrogen-bond acceptors (Lipinski definition) is 3. The second kappa shape index (κ2) is 6.84. The summed E-state index contributed by atoms with van der Waals surface area (Å²) in [4.78, 5) is 2.15. The zero-order valence-electron chi connectivity index (χ0n) is 10.7. The fraction of sp³-hybridized carbons (Fsp3) is 0.538. The van der Waals surface area contributed by atoms with Gasteiger partial charge in [0.2, 0.25) is 0 Å². The van der Waals surface area contributed by atoms with Crippen molar-refractivity contribution in [2.75, 3.05) is 25.5 Å². The molecule has 0 aliphatic heterocycles. The van der Waals surface area contributed by atoms with E-state index in [1.165, 1.54) is 5.56 Å². The van der Waals surface area contributed by atoms with Crippen molar-refractivity contribution >= 4 is 17.3 Å². The van der Waals surface area contributed by atoms with E-state index in [4.69, 9.17) is 11.6 Å². The van der Waals surface area contributed by atoms with Gasteiger partial charge >= 0.3 is 0 Å². The van der Waals surface area contributed by atoms with E-state index in [1.807, 2.05) is 39.2 Å². The van der Waals surface area contributed by atoms with E-state index in [1.54, 1.807) is 0 Å². The molecule has 2 N–H and O–H groups in total. The Morgan fingerprint density at radius 1 is 1.47 bits per heavy atom. The van der Waals surface area contributed by atoms with E-state index < -0.39 is 0 Å². The molecule has 1 aromatic rings. The SMILES string of the molecule is CNCc1cc(Cl)ccc1N(C)CCC(C)O. The summed E-state index contributed by atoms with van der Waals surface area (Å²) in [5.41, 5.74) is 2.33. The van der Waals surface area contributed by atoms with Gasteiger partial charge in [-0.2, -0.15) is 0 Å². The molecule has 0 amide bonds. The lowest BCUT2D eigenvalue weighted by molar-refractivity contribution is 0.187. The van der Waals surface area contributed by atoms with Crippen LogP contribution in [0.3, 0.4) is 0 Å². The van der Waals surface area contributed by atoms with Gasteiger partial charge in [0.15, 0.2) is 0 Å². The Labute approximate surface area is 108 Å². The molecular weight excluding hydrogens is 236 g/mol. The minimum absolute atomic E-state index is 0.266. The molecule has 0 radical (unpaired) electrons. The molecule has 0 aromatic heterocycles. The van der Waals surface area contributed by atoms with Crippen molar-refractivity contribution in [3.05, 3.63) is 28.8 Å². The zero-order chi connectivity index (χ0) is 12.8. The van der Waals surface area contributed by atoms with Crippen LogP contribution in [0.25, 0.3) is 0 Å². The molecule has 0 aliphatic rings.